The lowest BCUT2D eigenvalue weighted by molar-refractivity contribution is 0.0730. The Balaban J connectivity index is 1.08. The van der Waals surface area contributed by atoms with Crippen LogP contribution in [-0.2, 0) is 14.8 Å². The first kappa shape index (κ1) is 25.0. The third-order valence-corrected chi connectivity index (χ3v) is 9.41. The predicted molar refractivity (Wildman–Crippen MR) is 137 cm³/mol. The number of ether oxygens (including phenoxy) is 1. The SMILES string of the molecule is O=C(NCCN1CCN(c2nc3ccc(F)cc3s2)CC1)c1ccc(S(=O)(=O)N2CCOCC2)cc1. The first-order valence-electron chi connectivity index (χ1n) is 11.9. The Labute approximate surface area is 213 Å². The summed E-state index contributed by atoms with van der Waals surface area (Å²) in [5.41, 5.74) is 1.24. The van der Waals surface area contributed by atoms with Gasteiger partial charge in [0.1, 0.15) is 5.82 Å². The predicted octanol–water partition coefficient (Wildman–Crippen LogP) is 2.01. The first-order chi connectivity index (χ1) is 17.4. The lowest BCUT2D eigenvalue weighted by atomic mass is 10.2. The molecule has 0 atom stereocenters. The van der Waals surface area contributed by atoms with E-state index in [4.69, 9.17) is 4.74 Å². The molecule has 3 aromatic rings. The Morgan fingerprint density at radius 3 is 2.47 bits per heavy atom. The molecule has 1 aromatic heterocycles. The molecule has 0 radical (unpaired) electrons. The molecule has 2 saturated heterocycles. The molecule has 2 aromatic carbocycles. The van der Waals surface area contributed by atoms with Crippen molar-refractivity contribution in [1.29, 1.82) is 0 Å². The molecule has 12 heteroatoms. The van der Waals surface area contributed by atoms with Crippen LogP contribution in [0, 0.1) is 5.82 Å². The Kier molecular flexibility index (Phi) is 7.49. The number of fused-ring (bicyclic) bond motifs is 1. The lowest BCUT2D eigenvalue weighted by Gasteiger charge is -2.34. The molecule has 9 nitrogen and oxygen atoms in total. The summed E-state index contributed by atoms with van der Waals surface area (Å²) < 4.78 is 46.4. The molecular weight excluding hydrogens is 505 g/mol. The summed E-state index contributed by atoms with van der Waals surface area (Å²) >= 11 is 1.50. The number of sulfonamides is 1. The van der Waals surface area contributed by atoms with E-state index >= 15 is 0 Å². The third kappa shape index (κ3) is 5.52. The Hall–Kier alpha value is -2.64. The summed E-state index contributed by atoms with van der Waals surface area (Å²) in [6.07, 6.45) is 0. The minimum absolute atomic E-state index is 0.178. The molecule has 0 bridgehead atoms. The second kappa shape index (κ2) is 10.8. The van der Waals surface area contributed by atoms with Crippen molar-refractivity contribution in [1.82, 2.24) is 19.5 Å². The normalized spacial score (nSPS) is 18.0. The summed E-state index contributed by atoms with van der Waals surface area (Å²) in [6.45, 7) is 5.96. The summed E-state index contributed by atoms with van der Waals surface area (Å²) in [7, 11) is -3.58. The highest BCUT2D eigenvalue weighted by Crippen LogP contribution is 2.29. The zero-order valence-electron chi connectivity index (χ0n) is 19.7. The van der Waals surface area contributed by atoms with Crippen molar-refractivity contribution in [3.63, 3.8) is 0 Å². The number of carbonyl (C=O) groups is 1. The van der Waals surface area contributed by atoms with Gasteiger partial charge in [0.15, 0.2) is 5.13 Å². The van der Waals surface area contributed by atoms with E-state index in [0.717, 1.165) is 41.5 Å². The van der Waals surface area contributed by atoms with Crippen molar-refractivity contribution in [3.8, 4) is 0 Å². The fourth-order valence-electron chi connectivity index (χ4n) is 4.33. The third-order valence-electron chi connectivity index (χ3n) is 6.42. The van der Waals surface area contributed by atoms with Crippen LogP contribution >= 0.6 is 11.3 Å². The maximum atomic E-state index is 13.5. The van der Waals surface area contributed by atoms with Gasteiger partial charge >= 0.3 is 0 Å². The fraction of sp³-hybridized carbons (Fsp3) is 0.417. The number of morpholine rings is 1. The number of hydrogen-bond donors (Lipinski definition) is 1. The monoisotopic (exact) mass is 533 g/mol. The van der Waals surface area contributed by atoms with E-state index in [-0.39, 0.29) is 16.6 Å². The van der Waals surface area contributed by atoms with Gasteiger partial charge in [-0.05, 0) is 42.5 Å². The highest BCUT2D eigenvalue weighted by molar-refractivity contribution is 7.89. The first-order valence-corrected chi connectivity index (χ1v) is 14.2. The second-order valence-corrected chi connectivity index (χ2v) is 11.7. The van der Waals surface area contributed by atoms with Crippen molar-refractivity contribution < 1.29 is 22.3 Å². The quantitative estimate of drug-likeness (QED) is 0.497. The van der Waals surface area contributed by atoms with Gasteiger partial charge in [-0.3, -0.25) is 9.69 Å². The van der Waals surface area contributed by atoms with Crippen LogP contribution in [0.25, 0.3) is 10.2 Å². The fourth-order valence-corrected chi connectivity index (χ4v) is 6.78. The van der Waals surface area contributed by atoms with Gasteiger partial charge in [0.25, 0.3) is 5.91 Å². The molecule has 5 rings (SSSR count). The van der Waals surface area contributed by atoms with Crippen LogP contribution in [-0.4, -0.2) is 94.1 Å². The van der Waals surface area contributed by atoms with E-state index in [1.54, 1.807) is 18.2 Å². The maximum absolute atomic E-state index is 13.5. The van der Waals surface area contributed by atoms with E-state index in [1.807, 2.05) is 0 Å². The van der Waals surface area contributed by atoms with Crippen LogP contribution in [0.2, 0.25) is 0 Å². The van der Waals surface area contributed by atoms with Crippen molar-refractivity contribution in [3.05, 3.63) is 53.8 Å². The number of hydrogen-bond acceptors (Lipinski definition) is 8. The molecule has 192 valence electrons. The number of nitrogens with zero attached hydrogens (tertiary/aromatic N) is 4. The summed E-state index contributed by atoms with van der Waals surface area (Å²) in [4.78, 5) is 21.8. The molecule has 1 amide bonds. The van der Waals surface area contributed by atoms with Gasteiger partial charge in [-0.2, -0.15) is 4.31 Å². The average molecular weight is 534 g/mol. The zero-order valence-corrected chi connectivity index (χ0v) is 21.4. The van der Waals surface area contributed by atoms with Crippen molar-refractivity contribution in [2.75, 3.05) is 70.5 Å². The second-order valence-electron chi connectivity index (χ2n) is 8.73. The molecule has 36 heavy (non-hydrogen) atoms. The van der Waals surface area contributed by atoms with E-state index in [2.05, 4.69) is 20.1 Å². The van der Waals surface area contributed by atoms with Gasteiger partial charge in [-0.15, -0.1) is 0 Å². The number of thiazole rings is 1. The van der Waals surface area contributed by atoms with E-state index in [1.165, 1.54) is 39.9 Å². The van der Waals surface area contributed by atoms with Crippen LogP contribution < -0.4 is 10.2 Å². The molecule has 2 aliphatic heterocycles. The Morgan fingerprint density at radius 2 is 1.75 bits per heavy atom. The van der Waals surface area contributed by atoms with Gasteiger partial charge in [0.2, 0.25) is 10.0 Å². The van der Waals surface area contributed by atoms with Gasteiger partial charge in [0, 0.05) is 57.9 Å². The molecule has 1 N–H and O–H groups in total. The molecule has 0 aliphatic carbocycles. The summed E-state index contributed by atoms with van der Waals surface area (Å²) in [5, 5.41) is 3.82. The minimum atomic E-state index is -3.58. The molecule has 2 aliphatic rings. The molecule has 3 heterocycles. The highest BCUT2D eigenvalue weighted by atomic mass is 32.2. The number of amides is 1. The van der Waals surface area contributed by atoms with Crippen molar-refractivity contribution in [2.24, 2.45) is 0 Å². The smallest absolute Gasteiger partial charge is 0.251 e. The number of benzene rings is 2. The number of nitrogens with one attached hydrogen (secondary N) is 1. The maximum Gasteiger partial charge on any atom is 0.251 e. The van der Waals surface area contributed by atoms with E-state index < -0.39 is 10.0 Å². The van der Waals surface area contributed by atoms with Crippen LogP contribution in [0.15, 0.2) is 47.4 Å². The molecule has 0 spiro atoms. The Morgan fingerprint density at radius 1 is 1.03 bits per heavy atom. The van der Waals surface area contributed by atoms with Gasteiger partial charge in [0.05, 0.1) is 28.3 Å². The van der Waals surface area contributed by atoms with Gasteiger partial charge in [-0.1, -0.05) is 11.3 Å². The average Bonchev–Trinajstić information content (AvgIpc) is 3.33. The van der Waals surface area contributed by atoms with Crippen LogP contribution in [0.3, 0.4) is 0 Å². The number of halogens is 1. The lowest BCUT2D eigenvalue weighted by Crippen LogP contribution is -2.48. The summed E-state index contributed by atoms with van der Waals surface area (Å²) in [6, 6.07) is 10.7. The molecule has 0 saturated carbocycles. The largest absolute Gasteiger partial charge is 0.379 e. The van der Waals surface area contributed by atoms with Crippen molar-refractivity contribution >= 4 is 42.6 Å². The van der Waals surface area contributed by atoms with Crippen LogP contribution in [0.1, 0.15) is 10.4 Å². The van der Waals surface area contributed by atoms with Gasteiger partial charge in [-0.25, -0.2) is 17.8 Å². The number of piperazine rings is 1. The molecule has 0 unspecified atom stereocenters. The van der Waals surface area contributed by atoms with E-state index in [9.17, 15) is 17.6 Å². The van der Waals surface area contributed by atoms with Crippen LogP contribution in [0.4, 0.5) is 9.52 Å². The summed E-state index contributed by atoms with van der Waals surface area (Å²) in [5.74, 6) is -0.482. The minimum Gasteiger partial charge on any atom is -0.379 e. The number of carbonyl (C=O) groups excluding carboxylic acids is 1. The highest BCUT2D eigenvalue weighted by Gasteiger charge is 2.26. The van der Waals surface area contributed by atoms with Gasteiger partial charge < -0.3 is 15.0 Å². The Bertz CT molecular complexity index is 1320. The van der Waals surface area contributed by atoms with E-state index in [0.29, 0.717) is 45.0 Å². The number of aromatic nitrogens is 1. The van der Waals surface area contributed by atoms with Crippen molar-refractivity contribution in [2.45, 2.75) is 4.90 Å². The number of rotatable bonds is 7. The number of anilines is 1. The van der Waals surface area contributed by atoms with Crippen LogP contribution in [0.5, 0.6) is 0 Å². The molecule has 2 fully saturated rings. The topological polar surface area (TPSA) is 95.1 Å². The standard InChI is InChI=1S/C24H28FN5O4S2/c25-19-3-6-21-22(17-19)35-24(27-21)29-11-9-28(10-12-29)8-7-26-23(31)18-1-4-20(5-2-18)36(32,33)30-13-15-34-16-14-30/h1-6,17H,7-16H2,(H,26,31). The molecular formula is C24H28FN5O4S2. The zero-order chi connectivity index (χ0) is 25.1.